The van der Waals surface area contributed by atoms with Gasteiger partial charge >= 0.3 is 0 Å². The van der Waals surface area contributed by atoms with Crippen LogP contribution in [-0.4, -0.2) is 32.8 Å². The van der Waals surface area contributed by atoms with Gasteiger partial charge in [0.15, 0.2) is 11.6 Å². The third kappa shape index (κ3) is 5.63. The number of carbonyl (C=O) groups is 1. The summed E-state index contributed by atoms with van der Waals surface area (Å²) in [6.45, 7) is 1.08. The SMILES string of the molecule is COCc1nc(-c2ccc(NC(=O)CC(Cn3cccc3)c3ccc(Cl)cc3)cc2)n[nH]1. The summed E-state index contributed by atoms with van der Waals surface area (Å²) in [5, 5.41) is 10.7. The fourth-order valence-corrected chi connectivity index (χ4v) is 3.66. The Morgan fingerprint density at radius 3 is 2.53 bits per heavy atom. The zero-order valence-corrected chi connectivity index (χ0v) is 18.4. The molecule has 4 rings (SSSR count). The molecule has 0 aliphatic heterocycles. The Kier molecular flexibility index (Phi) is 6.99. The molecule has 0 spiro atoms. The number of rotatable bonds is 9. The van der Waals surface area contributed by atoms with Crippen LogP contribution < -0.4 is 5.32 Å². The van der Waals surface area contributed by atoms with Crippen LogP contribution in [0.4, 0.5) is 5.69 Å². The van der Waals surface area contributed by atoms with Crippen LogP contribution in [0.1, 0.15) is 23.7 Å². The van der Waals surface area contributed by atoms with Crippen molar-refractivity contribution in [1.82, 2.24) is 19.7 Å². The highest BCUT2D eigenvalue weighted by molar-refractivity contribution is 6.30. The number of hydrogen-bond donors (Lipinski definition) is 2. The smallest absolute Gasteiger partial charge is 0.225 e. The van der Waals surface area contributed by atoms with Crippen LogP contribution in [0.25, 0.3) is 11.4 Å². The van der Waals surface area contributed by atoms with E-state index in [0.717, 1.165) is 16.8 Å². The third-order valence-electron chi connectivity index (χ3n) is 5.11. The quantitative estimate of drug-likeness (QED) is 0.381. The summed E-state index contributed by atoms with van der Waals surface area (Å²) in [7, 11) is 1.61. The van der Waals surface area contributed by atoms with Crippen molar-refractivity contribution in [3.63, 3.8) is 0 Å². The molecule has 0 bridgehead atoms. The van der Waals surface area contributed by atoms with Crippen molar-refractivity contribution < 1.29 is 9.53 Å². The third-order valence-corrected chi connectivity index (χ3v) is 5.36. The van der Waals surface area contributed by atoms with E-state index in [4.69, 9.17) is 16.3 Å². The molecule has 0 saturated carbocycles. The number of aromatic amines is 1. The number of anilines is 1. The minimum atomic E-state index is -0.0508. The average molecular weight is 450 g/mol. The first-order chi connectivity index (χ1) is 15.6. The van der Waals surface area contributed by atoms with Crippen LogP contribution in [0.15, 0.2) is 73.1 Å². The maximum atomic E-state index is 12.8. The molecule has 2 heterocycles. The molecule has 0 fully saturated rings. The Morgan fingerprint density at radius 2 is 1.84 bits per heavy atom. The molecule has 1 amide bonds. The fraction of sp³-hybridized carbons (Fsp3) is 0.208. The number of amides is 1. The van der Waals surface area contributed by atoms with E-state index in [9.17, 15) is 4.79 Å². The van der Waals surface area contributed by atoms with Gasteiger partial charge in [-0.2, -0.15) is 5.10 Å². The van der Waals surface area contributed by atoms with Crippen LogP contribution >= 0.6 is 11.6 Å². The maximum Gasteiger partial charge on any atom is 0.225 e. The van der Waals surface area contributed by atoms with Crippen LogP contribution in [-0.2, 0) is 22.7 Å². The second-order valence-electron chi connectivity index (χ2n) is 7.50. The van der Waals surface area contributed by atoms with E-state index < -0.39 is 0 Å². The average Bonchev–Trinajstić information content (AvgIpc) is 3.47. The minimum Gasteiger partial charge on any atom is -0.377 e. The molecule has 32 heavy (non-hydrogen) atoms. The lowest BCUT2D eigenvalue weighted by Gasteiger charge is -2.18. The Balaban J connectivity index is 1.42. The van der Waals surface area contributed by atoms with Gasteiger partial charge in [0, 0.05) is 54.7 Å². The number of H-pyrrole nitrogens is 1. The number of hydrogen-bond acceptors (Lipinski definition) is 4. The number of methoxy groups -OCH3 is 1. The molecule has 1 atom stereocenters. The molecular formula is C24H24ClN5O2. The Hall–Kier alpha value is -3.42. The first kappa shape index (κ1) is 21.8. The van der Waals surface area contributed by atoms with Crippen molar-refractivity contribution in [2.45, 2.75) is 25.5 Å². The first-order valence-electron chi connectivity index (χ1n) is 10.3. The van der Waals surface area contributed by atoms with Crippen molar-refractivity contribution in [3.8, 4) is 11.4 Å². The van der Waals surface area contributed by atoms with Gasteiger partial charge in [-0.25, -0.2) is 4.98 Å². The molecule has 8 heteroatoms. The van der Waals surface area contributed by atoms with Crippen LogP contribution in [0.3, 0.4) is 0 Å². The molecular weight excluding hydrogens is 426 g/mol. The lowest BCUT2D eigenvalue weighted by molar-refractivity contribution is -0.116. The maximum absolute atomic E-state index is 12.8. The molecule has 2 aromatic heterocycles. The Labute approximate surface area is 191 Å². The van der Waals surface area contributed by atoms with E-state index in [1.54, 1.807) is 7.11 Å². The zero-order valence-electron chi connectivity index (χ0n) is 17.7. The number of aromatic nitrogens is 4. The van der Waals surface area contributed by atoms with Crippen LogP contribution in [0.5, 0.6) is 0 Å². The standard InChI is InChI=1S/C24H24ClN5O2/c1-32-16-22-27-24(29-28-22)18-6-10-21(11-7-18)26-23(31)14-19(15-30-12-2-3-13-30)17-4-8-20(25)9-5-17/h2-13,19H,14-16H2,1H3,(H,26,31)(H,27,28,29). The number of carbonyl (C=O) groups excluding carboxylic acids is 1. The van der Waals surface area contributed by atoms with E-state index in [2.05, 4.69) is 25.1 Å². The Morgan fingerprint density at radius 1 is 1.12 bits per heavy atom. The van der Waals surface area contributed by atoms with E-state index in [1.165, 1.54) is 0 Å². The molecule has 1 unspecified atom stereocenters. The minimum absolute atomic E-state index is 0.0198. The van der Waals surface area contributed by atoms with Crippen LogP contribution in [0, 0.1) is 0 Å². The predicted octanol–water partition coefficient (Wildman–Crippen LogP) is 4.89. The lowest BCUT2D eigenvalue weighted by atomic mass is 9.95. The summed E-state index contributed by atoms with van der Waals surface area (Å²) in [6.07, 6.45) is 4.35. The number of nitrogens with one attached hydrogen (secondary N) is 2. The summed E-state index contributed by atoms with van der Waals surface area (Å²) in [4.78, 5) is 17.2. The lowest BCUT2D eigenvalue weighted by Crippen LogP contribution is -2.18. The number of halogens is 1. The monoisotopic (exact) mass is 449 g/mol. The second kappa shape index (κ2) is 10.3. The molecule has 0 radical (unpaired) electrons. The largest absolute Gasteiger partial charge is 0.377 e. The van der Waals surface area contributed by atoms with Crippen LogP contribution in [0.2, 0.25) is 5.02 Å². The van der Waals surface area contributed by atoms with Gasteiger partial charge in [-0.3, -0.25) is 9.89 Å². The second-order valence-corrected chi connectivity index (χ2v) is 7.93. The summed E-state index contributed by atoms with van der Waals surface area (Å²) in [6, 6.07) is 19.1. The van der Waals surface area contributed by atoms with Crippen molar-refractivity contribution >= 4 is 23.2 Å². The van der Waals surface area contributed by atoms with Gasteiger partial charge in [0.25, 0.3) is 0 Å². The van der Waals surface area contributed by atoms with Gasteiger partial charge in [-0.1, -0.05) is 23.7 Å². The molecule has 2 aromatic carbocycles. The van der Waals surface area contributed by atoms with E-state index >= 15 is 0 Å². The van der Waals surface area contributed by atoms with Gasteiger partial charge in [-0.15, -0.1) is 0 Å². The molecule has 7 nitrogen and oxygen atoms in total. The fourth-order valence-electron chi connectivity index (χ4n) is 3.53. The highest BCUT2D eigenvalue weighted by atomic mass is 35.5. The predicted molar refractivity (Wildman–Crippen MR) is 124 cm³/mol. The van der Waals surface area contributed by atoms with Crippen molar-refractivity contribution in [2.75, 3.05) is 12.4 Å². The molecule has 4 aromatic rings. The molecule has 2 N–H and O–H groups in total. The summed E-state index contributed by atoms with van der Waals surface area (Å²) < 4.78 is 7.13. The van der Waals surface area contributed by atoms with Gasteiger partial charge < -0.3 is 14.6 Å². The van der Waals surface area contributed by atoms with Gasteiger partial charge in [-0.05, 0) is 54.1 Å². The molecule has 0 aliphatic carbocycles. The number of ether oxygens (including phenoxy) is 1. The first-order valence-corrected chi connectivity index (χ1v) is 10.7. The summed E-state index contributed by atoms with van der Waals surface area (Å²) in [5.74, 6) is 1.22. The highest BCUT2D eigenvalue weighted by Crippen LogP contribution is 2.25. The van der Waals surface area contributed by atoms with Crippen molar-refractivity contribution in [2.24, 2.45) is 0 Å². The number of nitrogens with zero attached hydrogens (tertiary/aromatic N) is 3. The molecule has 0 saturated heterocycles. The normalized spacial score (nSPS) is 11.9. The summed E-state index contributed by atoms with van der Waals surface area (Å²) in [5.41, 5.74) is 2.65. The van der Waals surface area contributed by atoms with Crippen molar-refractivity contribution in [1.29, 1.82) is 0 Å². The highest BCUT2D eigenvalue weighted by Gasteiger charge is 2.17. The molecule has 164 valence electrons. The number of benzene rings is 2. The topological polar surface area (TPSA) is 84.8 Å². The zero-order chi connectivity index (χ0) is 22.3. The van der Waals surface area contributed by atoms with E-state index in [-0.39, 0.29) is 11.8 Å². The van der Waals surface area contributed by atoms with E-state index in [1.807, 2.05) is 73.1 Å². The van der Waals surface area contributed by atoms with Gasteiger partial charge in [0.1, 0.15) is 6.61 Å². The van der Waals surface area contributed by atoms with Gasteiger partial charge in [0.05, 0.1) is 0 Å². The summed E-state index contributed by atoms with van der Waals surface area (Å²) >= 11 is 6.04. The Bertz CT molecular complexity index is 1140. The van der Waals surface area contributed by atoms with Gasteiger partial charge in [0.2, 0.25) is 5.91 Å². The molecule has 0 aliphatic rings. The van der Waals surface area contributed by atoms with E-state index in [0.29, 0.717) is 36.2 Å². The van der Waals surface area contributed by atoms with Crippen molar-refractivity contribution in [3.05, 3.63) is 89.5 Å².